The number of halogens is 2. The lowest BCUT2D eigenvalue weighted by Gasteiger charge is -2.30. The highest BCUT2D eigenvalue weighted by molar-refractivity contribution is 5.68. The molecule has 2 aromatic rings. The van der Waals surface area contributed by atoms with Crippen molar-refractivity contribution in [3.8, 4) is 0 Å². The molecule has 2 fully saturated rings. The lowest BCUT2D eigenvalue weighted by atomic mass is 9.93. The Morgan fingerprint density at radius 1 is 1.22 bits per heavy atom. The Labute approximate surface area is 216 Å². The van der Waals surface area contributed by atoms with E-state index in [0.29, 0.717) is 64.2 Å². The summed E-state index contributed by atoms with van der Waals surface area (Å²) in [5.41, 5.74) is 1.98. The van der Waals surface area contributed by atoms with Crippen molar-refractivity contribution >= 4 is 17.5 Å². The first-order chi connectivity index (χ1) is 17.9. The average molecular weight is 515 g/mol. The molecule has 3 aliphatic heterocycles. The highest BCUT2D eigenvalue weighted by Gasteiger charge is 2.39. The molecular weight excluding hydrogens is 478 g/mol. The van der Waals surface area contributed by atoms with Crippen LogP contribution in [0.25, 0.3) is 0 Å². The molecule has 2 N–H and O–H groups in total. The number of carboxylic acids is 1. The Hall–Kier alpha value is -2.78. The summed E-state index contributed by atoms with van der Waals surface area (Å²) in [5.74, 6) is -1.04. The van der Waals surface area contributed by atoms with Gasteiger partial charge in [-0.1, -0.05) is 6.07 Å². The highest BCUT2D eigenvalue weighted by atomic mass is 19.1. The van der Waals surface area contributed by atoms with Crippen LogP contribution in [-0.2, 0) is 22.4 Å². The number of nitrogens with one attached hydrogen (secondary N) is 1. The third-order valence-corrected chi connectivity index (χ3v) is 7.86. The molecule has 37 heavy (non-hydrogen) atoms. The third-order valence-electron chi connectivity index (χ3n) is 7.86. The second-order valence-corrected chi connectivity index (χ2v) is 10.6. The number of likely N-dealkylation sites (tertiary alicyclic amines) is 1. The summed E-state index contributed by atoms with van der Waals surface area (Å²) in [4.78, 5) is 20.5. The van der Waals surface area contributed by atoms with Crippen molar-refractivity contribution < 1.29 is 23.4 Å². The number of pyridine rings is 1. The number of aliphatic carboxylic acids is 1. The molecule has 0 aliphatic carbocycles. The van der Waals surface area contributed by atoms with E-state index in [9.17, 15) is 14.3 Å². The highest BCUT2D eigenvalue weighted by Crippen LogP contribution is 2.34. The van der Waals surface area contributed by atoms with E-state index in [1.165, 1.54) is 11.6 Å². The Morgan fingerprint density at radius 2 is 2.05 bits per heavy atom. The van der Waals surface area contributed by atoms with Crippen molar-refractivity contribution in [1.29, 1.82) is 0 Å². The fraction of sp³-hybridized carbons (Fsp3) is 0.571. The maximum absolute atomic E-state index is 15.8. The molecule has 200 valence electrons. The zero-order valence-corrected chi connectivity index (χ0v) is 21.2. The molecule has 0 saturated carbocycles. The van der Waals surface area contributed by atoms with Gasteiger partial charge in [-0.2, -0.15) is 0 Å². The van der Waals surface area contributed by atoms with Gasteiger partial charge < -0.3 is 20.1 Å². The maximum atomic E-state index is 15.8. The molecule has 4 heterocycles. The van der Waals surface area contributed by atoms with Crippen molar-refractivity contribution in [3.05, 3.63) is 53.0 Å². The fourth-order valence-electron chi connectivity index (χ4n) is 5.79. The molecule has 3 aliphatic rings. The van der Waals surface area contributed by atoms with Crippen LogP contribution < -0.4 is 10.2 Å². The summed E-state index contributed by atoms with van der Waals surface area (Å²) in [5, 5.41) is 12.9. The number of aryl methyl sites for hydroxylation is 2. The number of fused-ring (bicyclic) bond motifs is 1. The number of hydrogen-bond donors (Lipinski definition) is 2. The van der Waals surface area contributed by atoms with Crippen LogP contribution in [0.1, 0.15) is 48.4 Å². The van der Waals surface area contributed by atoms with Crippen LogP contribution in [0, 0.1) is 5.82 Å². The van der Waals surface area contributed by atoms with E-state index in [4.69, 9.17) is 9.72 Å². The summed E-state index contributed by atoms with van der Waals surface area (Å²) >= 11 is 0. The lowest BCUT2D eigenvalue weighted by molar-refractivity contribution is -0.137. The summed E-state index contributed by atoms with van der Waals surface area (Å²) in [6, 6.07) is 9.00. The Morgan fingerprint density at radius 3 is 2.86 bits per heavy atom. The summed E-state index contributed by atoms with van der Waals surface area (Å²) in [6.45, 7) is 4.60. The van der Waals surface area contributed by atoms with Gasteiger partial charge in [0.25, 0.3) is 0 Å². The van der Waals surface area contributed by atoms with Gasteiger partial charge in [0.1, 0.15) is 17.3 Å². The minimum atomic E-state index is -1.37. The first-order valence-corrected chi connectivity index (χ1v) is 13.4. The molecule has 1 aromatic heterocycles. The van der Waals surface area contributed by atoms with E-state index < -0.39 is 23.4 Å². The molecule has 7 nitrogen and oxygen atoms in total. The van der Waals surface area contributed by atoms with Crippen molar-refractivity contribution in [3.63, 3.8) is 0 Å². The number of carboxylic acid groups (broad SMARTS) is 1. The number of ether oxygens (including phenoxy) is 1. The zero-order valence-electron chi connectivity index (χ0n) is 21.2. The number of morpholine rings is 1. The van der Waals surface area contributed by atoms with E-state index in [1.807, 2.05) is 11.0 Å². The normalized spacial score (nSPS) is 22.9. The first-order valence-electron chi connectivity index (χ1n) is 13.4. The minimum Gasteiger partial charge on any atom is -0.481 e. The number of hydrogen-bond acceptors (Lipinski definition) is 6. The molecule has 9 heteroatoms. The Kier molecular flexibility index (Phi) is 7.90. The molecule has 2 atom stereocenters. The van der Waals surface area contributed by atoms with Crippen LogP contribution in [0.3, 0.4) is 0 Å². The van der Waals surface area contributed by atoms with Crippen LogP contribution >= 0.6 is 0 Å². The van der Waals surface area contributed by atoms with Crippen molar-refractivity contribution in [1.82, 2.24) is 9.88 Å². The number of carbonyl (C=O) groups is 1. The third kappa shape index (κ3) is 6.38. The monoisotopic (exact) mass is 514 g/mol. The number of aromatic nitrogens is 1. The summed E-state index contributed by atoms with van der Waals surface area (Å²) in [7, 11) is 0. The predicted octanol–water partition coefficient (Wildman–Crippen LogP) is 4.02. The van der Waals surface area contributed by atoms with E-state index in [2.05, 4.69) is 16.3 Å². The predicted molar refractivity (Wildman–Crippen MR) is 139 cm³/mol. The topological polar surface area (TPSA) is 77.9 Å². The minimum absolute atomic E-state index is 0.203. The van der Waals surface area contributed by atoms with Gasteiger partial charge in [0, 0.05) is 56.6 Å². The fourth-order valence-corrected chi connectivity index (χ4v) is 5.79. The standard InChI is InChI=1S/C28H36F2N4O3/c29-25-6-5-23(34-12-14-37-15-13-34)17-24(25)21(16-26(35)36)18-33-11-9-28(30,19-33)8-7-22-4-3-20-2-1-10-31-27(20)32-22/h3-6,17,21H,1-2,7-16,18-19H2,(H,31,32)(H,35,36)/t21-,28+/m0/s1. The Bertz CT molecular complexity index is 1110. The number of benzene rings is 1. The maximum Gasteiger partial charge on any atom is 0.304 e. The van der Waals surface area contributed by atoms with Gasteiger partial charge in [0.05, 0.1) is 19.6 Å². The van der Waals surface area contributed by atoms with Gasteiger partial charge in [-0.3, -0.25) is 9.69 Å². The van der Waals surface area contributed by atoms with Crippen LogP contribution in [0.4, 0.5) is 20.3 Å². The molecule has 0 unspecified atom stereocenters. The first kappa shape index (κ1) is 25.9. The number of alkyl halides is 1. The van der Waals surface area contributed by atoms with Gasteiger partial charge in [-0.05, 0) is 67.5 Å². The van der Waals surface area contributed by atoms with Gasteiger partial charge in [-0.15, -0.1) is 0 Å². The van der Waals surface area contributed by atoms with E-state index in [1.54, 1.807) is 12.1 Å². The second-order valence-electron chi connectivity index (χ2n) is 10.6. The van der Waals surface area contributed by atoms with Crippen molar-refractivity contribution in [2.75, 3.05) is 62.7 Å². The number of nitrogens with zero attached hydrogens (tertiary/aromatic N) is 3. The molecular formula is C28H36F2N4O3. The molecule has 0 spiro atoms. The largest absolute Gasteiger partial charge is 0.481 e. The van der Waals surface area contributed by atoms with Gasteiger partial charge in [-0.25, -0.2) is 13.8 Å². The molecule has 1 aromatic carbocycles. The lowest BCUT2D eigenvalue weighted by Crippen LogP contribution is -2.36. The Balaban J connectivity index is 1.24. The SMILES string of the molecule is O=C(O)C[C@@H](CN1CC[C@](F)(CCc2ccc3c(n2)NCCC3)C1)c1cc(N2CCOCC2)ccc1F. The quantitative estimate of drug-likeness (QED) is 0.523. The zero-order chi connectivity index (χ0) is 25.8. The average Bonchev–Trinajstić information content (AvgIpc) is 3.28. The smallest absolute Gasteiger partial charge is 0.304 e. The van der Waals surface area contributed by atoms with Crippen molar-refractivity contribution in [2.24, 2.45) is 0 Å². The van der Waals surface area contributed by atoms with Crippen LogP contribution in [0.2, 0.25) is 0 Å². The van der Waals surface area contributed by atoms with Crippen molar-refractivity contribution in [2.45, 2.75) is 50.1 Å². The molecule has 0 bridgehead atoms. The molecule has 0 amide bonds. The van der Waals surface area contributed by atoms with Gasteiger partial charge in [0.15, 0.2) is 0 Å². The second kappa shape index (κ2) is 11.3. The van der Waals surface area contributed by atoms with Gasteiger partial charge in [0.2, 0.25) is 0 Å². The molecule has 0 radical (unpaired) electrons. The van der Waals surface area contributed by atoms with Crippen LogP contribution in [0.5, 0.6) is 0 Å². The van der Waals surface area contributed by atoms with E-state index in [0.717, 1.165) is 36.6 Å². The number of anilines is 2. The molecule has 5 rings (SSSR count). The van der Waals surface area contributed by atoms with Crippen LogP contribution in [-0.4, -0.2) is 79.1 Å². The number of rotatable bonds is 9. The van der Waals surface area contributed by atoms with Gasteiger partial charge >= 0.3 is 5.97 Å². The van der Waals surface area contributed by atoms with E-state index >= 15 is 4.39 Å². The summed E-state index contributed by atoms with van der Waals surface area (Å²) < 4.78 is 36.2. The molecule has 2 saturated heterocycles. The summed E-state index contributed by atoms with van der Waals surface area (Å²) in [6.07, 6.45) is 3.21. The van der Waals surface area contributed by atoms with Crippen LogP contribution in [0.15, 0.2) is 30.3 Å². The van der Waals surface area contributed by atoms with E-state index in [-0.39, 0.29) is 13.0 Å².